The Labute approximate surface area is 119 Å². The fourth-order valence-electron chi connectivity index (χ4n) is 2.14. The summed E-state index contributed by atoms with van der Waals surface area (Å²) in [6, 6.07) is -0.315. The summed E-state index contributed by atoms with van der Waals surface area (Å²) >= 11 is 0. The van der Waals surface area contributed by atoms with E-state index in [-0.39, 0.29) is 17.9 Å². The monoisotopic (exact) mass is 284 g/mol. The van der Waals surface area contributed by atoms with E-state index >= 15 is 0 Å². The van der Waals surface area contributed by atoms with E-state index in [4.69, 9.17) is 4.74 Å². The van der Waals surface area contributed by atoms with Crippen molar-refractivity contribution in [2.45, 2.75) is 58.4 Å². The van der Waals surface area contributed by atoms with Gasteiger partial charge in [0.1, 0.15) is 5.54 Å². The molecule has 0 aliphatic carbocycles. The molecule has 1 unspecified atom stereocenters. The van der Waals surface area contributed by atoms with Crippen molar-refractivity contribution in [2.75, 3.05) is 13.2 Å². The second kappa shape index (κ2) is 7.26. The summed E-state index contributed by atoms with van der Waals surface area (Å²) in [6.07, 6.45) is 3.18. The average Bonchev–Trinajstić information content (AvgIpc) is 2.62. The second-order valence-electron chi connectivity index (χ2n) is 5.19. The third-order valence-electron chi connectivity index (χ3n) is 3.62. The molecule has 0 radical (unpaired) electrons. The van der Waals surface area contributed by atoms with Crippen LogP contribution in [-0.4, -0.2) is 41.5 Å². The molecule has 1 fully saturated rings. The fourth-order valence-corrected chi connectivity index (χ4v) is 2.14. The molecule has 0 spiro atoms. The lowest BCUT2D eigenvalue weighted by Crippen LogP contribution is -2.43. The van der Waals surface area contributed by atoms with Gasteiger partial charge >= 0.3 is 12.0 Å². The molecule has 0 aromatic rings. The zero-order valence-corrected chi connectivity index (χ0v) is 12.5. The summed E-state index contributed by atoms with van der Waals surface area (Å²) in [5, 5.41) is 2.72. The highest BCUT2D eigenvalue weighted by atomic mass is 16.5. The molecule has 6 heteroatoms. The number of rotatable bonds is 8. The first kappa shape index (κ1) is 16.5. The minimum Gasteiger partial charge on any atom is -0.466 e. The molecular weight excluding hydrogens is 260 g/mol. The molecule has 1 heterocycles. The molecule has 1 N–H and O–H groups in total. The van der Waals surface area contributed by atoms with Crippen molar-refractivity contribution in [3.8, 4) is 0 Å². The normalized spacial score (nSPS) is 22.1. The lowest BCUT2D eigenvalue weighted by atomic mass is 9.99. The van der Waals surface area contributed by atoms with Gasteiger partial charge in [0.2, 0.25) is 0 Å². The second-order valence-corrected chi connectivity index (χ2v) is 5.19. The summed E-state index contributed by atoms with van der Waals surface area (Å²) in [5.41, 5.74) is -0.762. The van der Waals surface area contributed by atoms with E-state index in [0.717, 1.165) is 6.42 Å². The van der Waals surface area contributed by atoms with Gasteiger partial charge in [-0.25, -0.2) is 4.79 Å². The third-order valence-corrected chi connectivity index (χ3v) is 3.62. The highest BCUT2D eigenvalue weighted by Gasteiger charge is 2.45. The topological polar surface area (TPSA) is 75.7 Å². The van der Waals surface area contributed by atoms with Crippen molar-refractivity contribution >= 4 is 17.9 Å². The quantitative estimate of drug-likeness (QED) is 0.419. The van der Waals surface area contributed by atoms with E-state index < -0.39 is 5.54 Å². The van der Waals surface area contributed by atoms with Crippen molar-refractivity contribution in [1.82, 2.24) is 10.2 Å². The Morgan fingerprint density at radius 2 is 1.95 bits per heavy atom. The first-order valence-corrected chi connectivity index (χ1v) is 7.24. The maximum atomic E-state index is 12.1. The molecule has 1 atom stereocenters. The van der Waals surface area contributed by atoms with Crippen molar-refractivity contribution in [3.63, 3.8) is 0 Å². The number of imide groups is 1. The van der Waals surface area contributed by atoms with Gasteiger partial charge < -0.3 is 10.1 Å². The first-order chi connectivity index (χ1) is 9.44. The van der Waals surface area contributed by atoms with Gasteiger partial charge in [0.15, 0.2) is 0 Å². The molecule has 0 saturated carbocycles. The molecule has 20 heavy (non-hydrogen) atoms. The van der Waals surface area contributed by atoms with Crippen LogP contribution in [0, 0.1) is 0 Å². The molecule has 6 nitrogen and oxygen atoms in total. The van der Waals surface area contributed by atoms with Crippen LogP contribution in [-0.2, 0) is 14.3 Å². The molecule has 0 aromatic heterocycles. The first-order valence-electron chi connectivity index (χ1n) is 7.24. The van der Waals surface area contributed by atoms with Gasteiger partial charge in [-0.2, -0.15) is 0 Å². The van der Waals surface area contributed by atoms with E-state index in [1.165, 1.54) is 4.90 Å². The number of hydrogen-bond donors (Lipinski definition) is 1. The summed E-state index contributed by atoms with van der Waals surface area (Å²) in [6.45, 7) is 6.20. The number of esters is 1. The van der Waals surface area contributed by atoms with E-state index in [1.54, 1.807) is 13.8 Å². The maximum absolute atomic E-state index is 12.1. The van der Waals surface area contributed by atoms with Gasteiger partial charge in [-0.1, -0.05) is 13.3 Å². The summed E-state index contributed by atoms with van der Waals surface area (Å²) in [7, 11) is 0. The number of carbonyl (C=O) groups is 3. The van der Waals surface area contributed by atoms with Gasteiger partial charge in [-0.15, -0.1) is 0 Å². The zero-order valence-electron chi connectivity index (χ0n) is 12.5. The molecule has 3 amide bonds. The van der Waals surface area contributed by atoms with Crippen LogP contribution in [0.4, 0.5) is 4.79 Å². The number of amides is 3. The SMILES string of the molecule is CCOC(=O)CCCCCN1C(=O)NC(C)(CC)C1=O. The van der Waals surface area contributed by atoms with E-state index in [1.807, 2.05) is 6.92 Å². The highest BCUT2D eigenvalue weighted by Crippen LogP contribution is 2.21. The van der Waals surface area contributed by atoms with Gasteiger partial charge in [0.05, 0.1) is 6.61 Å². The van der Waals surface area contributed by atoms with Crippen molar-refractivity contribution in [3.05, 3.63) is 0 Å². The zero-order chi connectivity index (χ0) is 15.2. The van der Waals surface area contributed by atoms with Crippen molar-refractivity contribution in [1.29, 1.82) is 0 Å². The van der Waals surface area contributed by atoms with Crippen LogP contribution in [0.2, 0.25) is 0 Å². The van der Waals surface area contributed by atoms with E-state index in [0.29, 0.717) is 38.8 Å². The molecule has 1 saturated heterocycles. The Kier molecular flexibility index (Phi) is 5.98. The van der Waals surface area contributed by atoms with Crippen LogP contribution in [0.25, 0.3) is 0 Å². The van der Waals surface area contributed by atoms with Crippen LogP contribution in [0.3, 0.4) is 0 Å². The average molecular weight is 284 g/mol. The van der Waals surface area contributed by atoms with Gasteiger partial charge in [-0.05, 0) is 33.1 Å². The Morgan fingerprint density at radius 1 is 1.25 bits per heavy atom. The Bertz CT molecular complexity index is 383. The summed E-state index contributed by atoms with van der Waals surface area (Å²) in [5.74, 6) is -0.351. The van der Waals surface area contributed by atoms with E-state index in [9.17, 15) is 14.4 Å². The minimum atomic E-state index is -0.762. The molecule has 0 bridgehead atoms. The number of nitrogens with one attached hydrogen (secondary N) is 1. The Balaban J connectivity index is 2.27. The predicted octanol–water partition coefficient (Wildman–Crippen LogP) is 1.83. The van der Waals surface area contributed by atoms with Crippen LogP contribution in [0.15, 0.2) is 0 Å². The smallest absolute Gasteiger partial charge is 0.325 e. The molecule has 114 valence electrons. The molecule has 1 aliphatic rings. The summed E-state index contributed by atoms with van der Waals surface area (Å²) in [4.78, 5) is 36.2. The van der Waals surface area contributed by atoms with Gasteiger partial charge in [0, 0.05) is 13.0 Å². The Hall–Kier alpha value is -1.59. The molecule has 1 aliphatic heterocycles. The van der Waals surface area contributed by atoms with E-state index in [2.05, 4.69) is 5.32 Å². The number of nitrogens with zero attached hydrogens (tertiary/aromatic N) is 1. The molecular formula is C14H24N2O4. The lowest BCUT2D eigenvalue weighted by Gasteiger charge is -2.19. The predicted molar refractivity (Wildman–Crippen MR) is 74.0 cm³/mol. The number of ether oxygens (including phenoxy) is 1. The standard InChI is InChI=1S/C14H24N2O4/c1-4-14(3)12(18)16(13(19)15-14)10-8-6-7-9-11(17)20-5-2/h4-10H2,1-3H3,(H,15,19). The van der Waals surface area contributed by atoms with Gasteiger partial charge in [0.25, 0.3) is 5.91 Å². The maximum Gasteiger partial charge on any atom is 0.325 e. The fraction of sp³-hybridized carbons (Fsp3) is 0.786. The number of carbonyl (C=O) groups excluding carboxylic acids is 3. The minimum absolute atomic E-state index is 0.157. The lowest BCUT2D eigenvalue weighted by molar-refractivity contribution is -0.143. The third kappa shape index (κ3) is 3.95. The molecule has 1 rings (SSSR count). The number of urea groups is 1. The van der Waals surface area contributed by atoms with Crippen LogP contribution in [0.1, 0.15) is 52.9 Å². The van der Waals surface area contributed by atoms with Gasteiger partial charge in [-0.3, -0.25) is 14.5 Å². The van der Waals surface area contributed by atoms with Crippen molar-refractivity contribution in [2.24, 2.45) is 0 Å². The molecule has 0 aromatic carbocycles. The van der Waals surface area contributed by atoms with Crippen LogP contribution in [0.5, 0.6) is 0 Å². The van der Waals surface area contributed by atoms with Crippen molar-refractivity contribution < 1.29 is 19.1 Å². The summed E-state index contributed by atoms with van der Waals surface area (Å²) < 4.78 is 4.83. The van der Waals surface area contributed by atoms with Crippen LogP contribution >= 0.6 is 0 Å². The highest BCUT2D eigenvalue weighted by molar-refractivity contribution is 6.06. The Morgan fingerprint density at radius 3 is 2.50 bits per heavy atom. The number of hydrogen-bond acceptors (Lipinski definition) is 4. The van der Waals surface area contributed by atoms with Crippen LogP contribution < -0.4 is 5.32 Å². The number of unbranched alkanes of at least 4 members (excludes halogenated alkanes) is 2. The largest absolute Gasteiger partial charge is 0.466 e.